The van der Waals surface area contributed by atoms with E-state index in [9.17, 15) is 5.11 Å². The first-order valence-electron chi connectivity index (χ1n) is 4.85. The Kier molecular flexibility index (Phi) is 3.29. The highest BCUT2D eigenvalue weighted by Gasteiger charge is 2.22. The van der Waals surface area contributed by atoms with E-state index in [1.165, 1.54) is 0 Å². The van der Waals surface area contributed by atoms with Crippen LogP contribution in [0.4, 0.5) is 0 Å². The van der Waals surface area contributed by atoms with E-state index in [4.69, 9.17) is 0 Å². The number of H-pyrrole nitrogens is 1. The molecule has 1 rings (SSSR count). The molecule has 1 heterocycles. The van der Waals surface area contributed by atoms with Crippen LogP contribution in [0.15, 0.2) is 6.20 Å². The lowest BCUT2D eigenvalue weighted by atomic mass is 9.99. The number of hydrogen-bond donors (Lipinski definition) is 3. The summed E-state index contributed by atoms with van der Waals surface area (Å²) in [4.78, 5) is 7.24. The Hall–Kier alpha value is -0.870. The Morgan fingerprint density at radius 1 is 1.64 bits per heavy atom. The van der Waals surface area contributed by atoms with Crippen LogP contribution in [0.5, 0.6) is 0 Å². The van der Waals surface area contributed by atoms with Gasteiger partial charge in [0.1, 0.15) is 5.82 Å². The SMILES string of the molecule is Cc1ncc(CNC(C)(C)C(C)O)[nH]1. The lowest BCUT2D eigenvalue weighted by molar-refractivity contribution is 0.0954. The average Bonchev–Trinajstić information content (AvgIpc) is 2.48. The minimum atomic E-state index is -0.383. The number of nitrogens with one attached hydrogen (secondary N) is 2. The van der Waals surface area contributed by atoms with Gasteiger partial charge in [0.15, 0.2) is 0 Å². The van der Waals surface area contributed by atoms with Gasteiger partial charge in [0.25, 0.3) is 0 Å². The zero-order valence-electron chi connectivity index (χ0n) is 9.26. The Morgan fingerprint density at radius 3 is 2.71 bits per heavy atom. The van der Waals surface area contributed by atoms with Gasteiger partial charge in [-0.2, -0.15) is 0 Å². The quantitative estimate of drug-likeness (QED) is 0.674. The zero-order chi connectivity index (χ0) is 10.8. The van der Waals surface area contributed by atoms with Crippen LogP contribution in [0.2, 0.25) is 0 Å². The number of aromatic nitrogens is 2. The third kappa shape index (κ3) is 2.82. The summed E-state index contributed by atoms with van der Waals surface area (Å²) in [5.41, 5.74) is 0.759. The molecular weight excluding hydrogens is 178 g/mol. The highest BCUT2D eigenvalue weighted by molar-refractivity contribution is 5.00. The van der Waals surface area contributed by atoms with Crippen molar-refractivity contribution < 1.29 is 5.11 Å². The van der Waals surface area contributed by atoms with Crippen LogP contribution >= 0.6 is 0 Å². The van der Waals surface area contributed by atoms with Crippen molar-refractivity contribution in [1.82, 2.24) is 15.3 Å². The van der Waals surface area contributed by atoms with Crippen molar-refractivity contribution in [2.75, 3.05) is 0 Å². The number of hydrogen-bond acceptors (Lipinski definition) is 3. The molecule has 1 aromatic rings. The fourth-order valence-corrected chi connectivity index (χ4v) is 1.03. The van der Waals surface area contributed by atoms with Gasteiger partial charge in [-0.15, -0.1) is 0 Å². The molecule has 0 fully saturated rings. The Balaban J connectivity index is 2.48. The number of nitrogens with zero attached hydrogens (tertiary/aromatic N) is 1. The molecule has 0 aliphatic heterocycles. The van der Waals surface area contributed by atoms with Gasteiger partial charge in [0.2, 0.25) is 0 Å². The fraction of sp³-hybridized carbons (Fsp3) is 0.700. The lowest BCUT2D eigenvalue weighted by Gasteiger charge is -2.29. The second-order valence-electron chi connectivity index (χ2n) is 4.25. The predicted molar refractivity (Wildman–Crippen MR) is 55.9 cm³/mol. The van der Waals surface area contributed by atoms with Gasteiger partial charge in [-0.1, -0.05) is 0 Å². The normalized spacial score (nSPS) is 14.4. The Bertz CT molecular complexity index is 291. The maximum absolute atomic E-state index is 9.48. The summed E-state index contributed by atoms with van der Waals surface area (Å²) in [6.45, 7) is 8.34. The van der Waals surface area contributed by atoms with E-state index >= 15 is 0 Å². The summed E-state index contributed by atoms with van der Waals surface area (Å²) in [5, 5.41) is 12.7. The second kappa shape index (κ2) is 4.11. The predicted octanol–water partition coefficient (Wildman–Crippen LogP) is 0.967. The van der Waals surface area contributed by atoms with Crippen LogP contribution in [0.1, 0.15) is 32.3 Å². The molecular formula is C10H19N3O. The second-order valence-corrected chi connectivity index (χ2v) is 4.25. The van der Waals surface area contributed by atoms with E-state index in [1.807, 2.05) is 20.8 Å². The molecule has 0 bridgehead atoms. The standard InChI is InChI=1S/C10H19N3O/c1-7(14)10(3,4)12-6-9-5-11-8(2)13-9/h5,7,12,14H,6H2,1-4H3,(H,11,13). The molecule has 1 aromatic heterocycles. The highest BCUT2D eigenvalue weighted by Crippen LogP contribution is 2.09. The van der Waals surface area contributed by atoms with Gasteiger partial charge < -0.3 is 15.4 Å². The first-order chi connectivity index (χ1) is 6.42. The van der Waals surface area contributed by atoms with Crippen molar-refractivity contribution in [3.8, 4) is 0 Å². The summed E-state index contributed by atoms with van der Waals surface area (Å²) in [6.07, 6.45) is 1.42. The number of aliphatic hydroxyl groups excluding tert-OH is 1. The molecule has 0 amide bonds. The summed E-state index contributed by atoms with van der Waals surface area (Å²) in [5.74, 6) is 0.914. The van der Waals surface area contributed by atoms with Crippen molar-refractivity contribution in [3.05, 3.63) is 17.7 Å². The van der Waals surface area contributed by atoms with Crippen LogP contribution in [0, 0.1) is 6.92 Å². The van der Waals surface area contributed by atoms with E-state index in [2.05, 4.69) is 15.3 Å². The van der Waals surface area contributed by atoms with Crippen LogP contribution < -0.4 is 5.32 Å². The van der Waals surface area contributed by atoms with Crippen molar-refractivity contribution in [2.24, 2.45) is 0 Å². The minimum absolute atomic E-state index is 0.279. The topological polar surface area (TPSA) is 60.9 Å². The van der Waals surface area contributed by atoms with E-state index in [0.29, 0.717) is 6.54 Å². The molecule has 14 heavy (non-hydrogen) atoms. The van der Waals surface area contributed by atoms with Gasteiger partial charge in [0, 0.05) is 24.0 Å². The lowest BCUT2D eigenvalue weighted by Crippen LogP contribution is -2.47. The minimum Gasteiger partial charge on any atom is -0.392 e. The number of imidazole rings is 1. The van der Waals surface area contributed by atoms with Gasteiger partial charge in [-0.3, -0.25) is 0 Å². The van der Waals surface area contributed by atoms with Gasteiger partial charge >= 0.3 is 0 Å². The Morgan fingerprint density at radius 2 is 2.29 bits per heavy atom. The molecule has 80 valence electrons. The number of rotatable bonds is 4. The average molecular weight is 197 g/mol. The largest absolute Gasteiger partial charge is 0.392 e. The maximum atomic E-state index is 9.48. The summed E-state index contributed by atoms with van der Waals surface area (Å²) in [7, 11) is 0. The monoisotopic (exact) mass is 197 g/mol. The van der Waals surface area contributed by atoms with Gasteiger partial charge in [0.05, 0.1) is 6.10 Å². The molecule has 0 saturated heterocycles. The molecule has 4 nitrogen and oxygen atoms in total. The zero-order valence-corrected chi connectivity index (χ0v) is 9.26. The number of aliphatic hydroxyl groups is 1. The first-order valence-corrected chi connectivity index (χ1v) is 4.85. The highest BCUT2D eigenvalue weighted by atomic mass is 16.3. The van der Waals surface area contributed by atoms with Crippen LogP contribution in [0.3, 0.4) is 0 Å². The number of aromatic amines is 1. The molecule has 0 aliphatic carbocycles. The molecule has 0 aromatic carbocycles. The molecule has 0 spiro atoms. The maximum Gasteiger partial charge on any atom is 0.103 e. The van der Waals surface area contributed by atoms with E-state index in [0.717, 1.165) is 11.5 Å². The summed E-state index contributed by atoms with van der Waals surface area (Å²) >= 11 is 0. The van der Waals surface area contributed by atoms with Crippen molar-refractivity contribution in [3.63, 3.8) is 0 Å². The number of aryl methyl sites for hydroxylation is 1. The summed E-state index contributed by atoms with van der Waals surface area (Å²) in [6, 6.07) is 0. The molecule has 1 atom stereocenters. The van der Waals surface area contributed by atoms with E-state index in [-0.39, 0.29) is 11.6 Å². The first kappa shape index (κ1) is 11.2. The van der Waals surface area contributed by atoms with Gasteiger partial charge in [-0.25, -0.2) is 4.98 Å². The van der Waals surface area contributed by atoms with Crippen molar-refractivity contribution >= 4 is 0 Å². The summed E-state index contributed by atoms with van der Waals surface area (Å²) < 4.78 is 0. The smallest absolute Gasteiger partial charge is 0.103 e. The van der Waals surface area contributed by atoms with Crippen LogP contribution in [-0.4, -0.2) is 26.7 Å². The third-order valence-electron chi connectivity index (χ3n) is 2.53. The molecule has 1 unspecified atom stereocenters. The molecule has 4 heteroatoms. The molecule has 0 saturated carbocycles. The van der Waals surface area contributed by atoms with Crippen LogP contribution in [0.25, 0.3) is 0 Å². The molecule has 0 radical (unpaired) electrons. The third-order valence-corrected chi connectivity index (χ3v) is 2.53. The molecule has 3 N–H and O–H groups in total. The van der Waals surface area contributed by atoms with E-state index in [1.54, 1.807) is 13.1 Å². The van der Waals surface area contributed by atoms with Crippen molar-refractivity contribution in [1.29, 1.82) is 0 Å². The van der Waals surface area contributed by atoms with Gasteiger partial charge in [-0.05, 0) is 27.7 Å². The van der Waals surface area contributed by atoms with Crippen LogP contribution in [-0.2, 0) is 6.54 Å². The van der Waals surface area contributed by atoms with Crippen molar-refractivity contribution in [2.45, 2.75) is 45.9 Å². The fourth-order valence-electron chi connectivity index (χ4n) is 1.03. The van der Waals surface area contributed by atoms with E-state index < -0.39 is 0 Å². The Labute approximate surface area is 84.8 Å². The molecule has 0 aliphatic rings.